The number of aromatic nitrogens is 3. The largest absolute Gasteiger partial charge is 0.394 e. The van der Waals surface area contributed by atoms with Crippen LogP contribution in [-0.4, -0.2) is 39.5 Å². The van der Waals surface area contributed by atoms with Gasteiger partial charge < -0.3 is 10.0 Å². The van der Waals surface area contributed by atoms with Crippen molar-refractivity contribution in [2.45, 2.75) is 32.7 Å². The Labute approximate surface area is 89.2 Å². The molecule has 0 saturated carbocycles. The van der Waals surface area contributed by atoms with Crippen molar-refractivity contribution in [1.29, 1.82) is 0 Å². The molecule has 1 N–H and O–H groups in total. The summed E-state index contributed by atoms with van der Waals surface area (Å²) in [7, 11) is 0. The molecule has 2 rings (SSSR count). The molecule has 0 amide bonds. The fraction of sp³-hybridized carbons (Fsp3) is 0.700. The molecule has 5 heteroatoms. The molecule has 15 heavy (non-hydrogen) atoms. The van der Waals surface area contributed by atoms with E-state index in [4.69, 9.17) is 0 Å². The van der Waals surface area contributed by atoms with Gasteiger partial charge in [-0.1, -0.05) is 0 Å². The Hall–Kier alpha value is -1.23. The van der Waals surface area contributed by atoms with Crippen molar-refractivity contribution >= 4 is 5.95 Å². The van der Waals surface area contributed by atoms with E-state index in [1.54, 1.807) is 0 Å². The van der Waals surface area contributed by atoms with E-state index < -0.39 is 0 Å². The third kappa shape index (κ3) is 1.92. The van der Waals surface area contributed by atoms with Crippen LogP contribution >= 0.6 is 0 Å². The van der Waals surface area contributed by atoms with Crippen LogP contribution in [0.25, 0.3) is 0 Å². The molecule has 1 fully saturated rings. The normalized spacial score (nSPS) is 21.0. The molecule has 1 atom stereocenters. The minimum absolute atomic E-state index is 0.161. The van der Waals surface area contributed by atoms with Crippen LogP contribution in [0, 0.1) is 13.8 Å². The first-order chi connectivity index (χ1) is 7.22. The highest BCUT2D eigenvalue weighted by atomic mass is 16.3. The van der Waals surface area contributed by atoms with E-state index in [9.17, 15) is 5.11 Å². The van der Waals surface area contributed by atoms with E-state index in [0.29, 0.717) is 5.95 Å². The summed E-state index contributed by atoms with van der Waals surface area (Å²) in [6.45, 7) is 4.90. The number of hydrogen-bond donors (Lipinski definition) is 1. The summed E-state index contributed by atoms with van der Waals surface area (Å²) in [5.74, 6) is 0.648. The van der Waals surface area contributed by atoms with E-state index >= 15 is 0 Å². The molecular weight excluding hydrogens is 192 g/mol. The minimum Gasteiger partial charge on any atom is -0.394 e. The van der Waals surface area contributed by atoms with Crippen LogP contribution < -0.4 is 4.90 Å². The summed E-state index contributed by atoms with van der Waals surface area (Å²) in [6, 6.07) is 0.161. The molecular formula is C10H16N4O. The second kappa shape index (κ2) is 4.10. The number of nitrogens with zero attached hydrogens (tertiary/aromatic N) is 4. The average Bonchev–Trinajstić information content (AvgIpc) is 2.70. The van der Waals surface area contributed by atoms with Crippen molar-refractivity contribution in [3.63, 3.8) is 0 Å². The lowest BCUT2D eigenvalue weighted by atomic mass is 10.2. The van der Waals surface area contributed by atoms with Gasteiger partial charge in [-0.15, -0.1) is 5.10 Å². The van der Waals surface area contributed by atoms with Gasteiger partial charge in [0.1, 0.15) is 0 Å². The van der Waals surface area contributed by atoms with Gasteiger partial charge in [0.05, 0.1) is 24.0 Å². The van der Waals surface area contributed by atoms with Gasteiger partial charge in [0.2, 0.25) is 5.95 Å². The second-order valence-electron chi connectivity index (χ2n) is 3.95. The number of aliphatic hydroxyl groups is 1. The molecule has 1 aromatic heterocycles. The van der Waals surface area contributed by atoms with Crippen LogP contribution in [0.1, 0.15) is 24.2 Å². The van der Waals surface area contributed by atoms with Crippen molar-refractivity contribution in [2.24, 2.45) is 0 Å². The van der Waals surface area contributed by atoms with Gasteiger partial charge in [-0.3, -0.25) is 0 Å². The van der Waals surface area contributed by atoms with Gasteiger partial charge in [-0.05, 0) is 26.7 Å². The van der Waals surface area contributed by atoms with Gasteiger partial charge in [0.25, 0.3) is 0 Å². The molecule has 0 radical (unpaired) electrons. The smallest absolute Gasteiger partial charge is 0.245 e. The summed E-state index contributed by atoms with van der Waals surface area (Å²) in [5.41, 5.74) is 1.77. The summed E-state index contributed by atoms with van der Waals surface area (Å²) in [4.78, 5) is 6.44. The van der Waals surface area contributed by atoms with E-state index in [1.165, 1.54) is 0 Å². The number of hydrogen-bond acceptors (Lipinski definition) is 5. The Balaban J connectivity index is 2.25. The number of anilines is 1. The lowest BCUT2D eigenvalue weighted by molar-refractivity contribution is 0.265. The predicted molar refractivity (Wildman–Crippen MR) is 56.8 cm³/mol. The fourth-order valence-electron chi connectivity index (χ4n) is 1.86. The third-order valence-corrected chi connectivity index (χ3v) is 2.93. The summed E-state index contributed by atoms with van der Waals surface area (Å²) in [5, 5.41) is 17.3. The van der Waals surface area contributed by atoms with Gasteiger partial charge in [-0.25, -0.2) is 4.98 Å². The predicted octanol–water partition coefficient (Wildman–Crippen LogP) is 0.450. The molecule has 1 saturated heterocycles. The summed E-state index contributed by atoms with van der Waals surface area (Å²) < 4.78 is 0. The molecule has 2 heterocycles. The minimum atomic E-state index is 0.161. The van der Waals surface area contributed by atoms with Crippen molar-refractivity contribution < 1.29 is 5.11 Å². The molecule has 5 nitrogen and oxygen atoms in total. The Morgan fingerprint density at radius 2 is 2.13 bits per heavy atom. The lowest BCUT2D eigenvalue weighted by Crippen LogP contribution is -2.33. The van der Waals surface area contributed by atoms with Gasteiger partial charge >= 0.3 is 0 Å². The van der Waals surface area contributed by atoms with E-state index in [1.807, 2.05) is 18.7 Å². The molecule has 0 aliphatic carbocycles. The first-order valence-electron chi connectivity index (χ1n) is 5.28. The molecule has 82 valence electrons. The maximum Gasteiger partial charge on any atom is 0.245 e. The molecule has 0 aromatic carbocycles. The quantitative estimate of drug-likeness (QED) is 0.764. The third-order valence-electron chi connectivity index (χ3n) is 2.93. The Morgan fingerprint density at radius 1 is 1.33 bits per heavy atom. The Bertz CT molecular complexity index is 355. The van der Waals surface area contributed by atoms with Gasteiger partial charge in [0, 0.05) is 6.54 Å². The van der Waals surface area contributed by atoms with Crippen molar-refractivity contribution in [1.82, 2.24) is 15.2 Å². The molecule has 1 aliphatic heterocycles. The zero-order valence-corrected chi connectivity index (χ0v) is 9.14. The standard InChI is InChI=1S/C10H16N4O/c1-7-8(2)12-13-10(11-7)14-5-3-4-9(14)6-15/h9,15H,3-6H2,1-2H3/t9-/m0/s1. The topological polar surface area (TPSA) is 62.1 Å². The van der Waals surface area contributed by atoms with Crippen molar-refractivity contribution in [3.05, 3.63) is 11.4 Å². The van der Waals surface area contributed by atoms with Crippen LogP contribution in [-0.2, 0) is 0 Å². The lowest BCUT2D eigenvalue weighted by Gasteiger charge is -2.22. The number of aliphatic hydroxyl groups excluding tert-OH is 1. The maximum atomic E-state index is 9.20. The van der Waals surface area contributed by atoms with E-state index in [-0.39, 0.29) is 12.6 Å². The highest BCUT2D eigenvalue weighted by Crippen LogP contribution is 2.21. The monoisotopic (exact) mass is 208 g/mol. The molecule has 0 bridgehead atoms. The fourth-order valence-corrected chi connectivity index (χ4v) is 1.86. The highest BCUT2D eigenvalue weighted by molar-refractivity contribution is 5.33. The summed E-state index contributed by atoms with van der Waals surface area (Å²) in [6.07, 6.45) is 2.09. The average molecular weight is 208 g/mol. The zero-order chi connectivity index (χ0) is 10.8. The molecule has 1 aliphatic rings. The van der Waals surface area contributed by atoms with Crippen LogP contribution in [0.4, 0.5) is 5.95 Å². The molecule has 0 unspecified atom stereocenters. The van der Waals surface area contributed by atoms with Crippen molar-refractivity contribution in [3.8, 4) is 0 Å². The summed E-state index contributed by atoms with van der Waals surface area (Å²) >= 11 is 0. The second-order valence-corrected chi connectivity index (χ2v) is 3.95. The van der Waals surface area contributed by atoms with Crippen LogP contribution in [0.2, 0.25) is 0 Å². The van der Waals surface area contributed by atoms with E-state index in [2.05, 4.69) is 15.2 Å². The maximum absolute atomic E-state index is 9.20. The Kier molecular flexibility index (Phi) is 2.81. The SMILES string of the molecule is Cc1nnc(N2CCC[C@H]2CO)nc1C. The number of aryl methyl sites for hydroxylation is 2. The van der Waals surface area contributed by atoms with Gasteiger partial charge in [-0.2, -0.15) is 5.10 Å². The number of rotatable bonds is 2. The van der Waals surface area contributed by atoms with Crippen LogP contribution in [0.5, 0.6) is 0 Å². The molecule has 0 spiro atoms. The van der Waals surface area contributed by atoms with Crippen LogP contribution in [0.15, 0.2) is 0 Å². The Morgan fingerprint density at radius 3 is 2.80 bits per heavy atom. The van der Waals surface area contributed by atoms with E-state index in [0.717, 1.165) is 30.8 Å². The van der Waals surface area contributed by atoms with Gasteiger partial charge in [0.15, 0.2) is 0 Å². The zero-order valence-electron chi connectivity index (χ0n) is 9.14. The van der Waals surface area contributed by atoms with Crippen LogP contribution in [0.3, 0.4) is 0 Å². The first-order valence-corrected chi connectivity index (χ1v) is 5.28. The highest BCUT2D eigenvalue weighted by Gasteiger charge is 2.26. The molecule has 1 aromatic rings. The first kappa shape index (κ1) is 10.3. The van der Waals surface area contributed by atoms with Crippen molar-refractivity contribution in [2.75, 3.05) is 18.1 Å².